The smallest absolute Gasteiger partial charge is 0.191 e. The van der Waals surface area contributed by atoms with Gasteiger partial charge in [-0.1, -0.05) is 23.4 Å². The third-order valence-electron chi connectivity index (χ3n) is 5.26. The zero-order valence-electron chi connectivity index (χ0n) is 16.8. The van der Waals surface area contributed by atoms with E-state index in [9.17, 15) is 4.39 Å². The zero-order chi connectivity index (χ0) is 19.3. The summed E-state index contributed by atoms with van der Waals surface area (Å²) >= 11 is 0. The van der Waals surface area contributed by atoms with Gasteiger partial charge >= 0.3 is 0 Å². The molecule has 1 aromatic carbocycles. The molecular weight excluding hydrogens is 470 g/mol. The van der Waals surface area contributed by atoms with Gasteiger partial charge in [0.1, 0.15) is 11.6 Å². The highest BCUT2D eigenvalue weighted by Gasteiger charge is 2.45. The molecule has 2 aromatic rings. The topological polar surface area (TPSA) is 62.5 Å². The van der Waals surface area contributed by atoms with Crippen LogP contribution in [0.2, 0.25) is 0 Å². The van der Waals surface area contributed by atoms with E-state index in [2.05, 4.69) is 15.8 Å². The van der Waals surface area contributed by atoms with Crippen molar-refractivity contribution in [2.24, 2.45) is 4.99 Å². The first-order chi connectivity index (χ1) is 13.1. The van der Waals surface area contributed by atoms with Crippen molar-refractivity contribution >= 4 is 29.9 Å². The van der Waals surface area contributed by atoms with Crippen molar-refractivity contribution in [3.63, 3.8) is 0 Å². The first-order valence-corrected chi connectivity index (χ1v) is 9.74. The molecule has 2 N–H and O–H groups in total. The second kappa shape index (κ2) is 10.2. The lowest BCUT2D eigenvalue weighted by atomic mass is 9.95. The fourth-order valence-electron chi connectivity index (χ4n) is 3.46. The minimum atomic E-state index is -0.135. The summed E-state index contributed by atoms with van der Waals surface area (Å²) in [7, 11) is 0. The van der Waals surface area contributed by atoms with Gasteiger partial charge in [-0.3, -0.25) is 4.99 Å². The molecule has 0 spiro atoms. The molecule has 1 fully saturated rings. The normalized spacial score (nSPS) is 15.1. The molecule has 1 heterocycles. The molecule has 3 rings (SSSR count). The van der Waals surface area contributed by atoms with E-state index < -0.39 is 0 Å². The van der Waals surface area contributed by atoms with E-state index in [0.29, 0.717) is 6.54 Å². The zero-order valence-corrected chi connectivity index (χ0v) is 19.2. The van der Waals surface area contributed by atoms with E-state index in [1.54, 1.807) is 6.07 Å². The van der Waals surface area contributed by atoms with Gasteiger partial charge in [-0.25, -0.2) is 4.39 Å². The second-order valence-electron chi connectivity index (χ2n) is 7.29. The van der Waals surface area contributed by atoms with E-state index >= 15 is 0 Å². The van der Waals surface area contributed by atoms with Gasteiger partial charge in [-0.05, 0) is 58.1 Å². The van der Waals surface area contributed by atoms with Crippen molar-refractivity contribution in [1.29, 1.82) is 0 Å². The number of aromatic nitrogens is 1. The molecule has 0 saturated heterocycles. The molecule has 1 aromatic heterocycles. The molecule has 0 radical (unpaired) electrons. The van der Waals surface area contributed by atoms with Gasteiger partial charge in [0.2, 0.25) is 0 Å². The van der Waals surface area contributed by atoms with E-state index in [1.165, 1.54) is 11.6 Å². The van der Waals surface area contributed by atoms with Crippen LogP contribution in [0, 0.1) is 19.7 Å². The number of nitrogens with zero attached hydrogens (tertiary/aromatic N) is 2. The largest absolute Gasteiger partial charge is 0.361 e. The average molecular weight is 500 g/mol. The van der Waals surface area contributed by atoms with Gasteiger partial charge in [-0.15, -0.1) is 24.0 Å². The summed E-state index contributed by atoms with van der Waals surface area (Å²) in [4.78, 5) is 4.73. The van der Waals surface area contributed by atoms with Crippen molar-refractivity contribution < 1.29 is 8.91 Å². The molecule has 7 heteroatoms. The maximum atomic E-state index is 14.2. The van der Waals surface area contributed by atoms with E-state index in [1.807, 2.05) is 32.9 Å². The summed E-state index contributed by atoms with van der Waals surface area (Å²) in [6.07, 6.45) is 3.87. The molecule has 28 heavy (non-hydrogen) atoms. The first kappa shape index (κ1) is 22.6. The number of halogens is 2. The summed E-state index contributed by atoms with van der Waals surface area (Å²) in [5.74, 6) is 1.56. The Morgan fingerprint density at radius 3 is 2.61 bits per heavy atom. The van der Waals surface area contributed by atoms with Crippen molar-refractivity contribution in [2.45, 2.75) is 51.9 Å². The molecule has 5 nitrogen and oxygen atoms in total. The molecule has 154 valence electrons. The summed E-state index contributed by atoms with van der Waals surface area (Å²) in [6, 6.07) is 7.07. The van der Waals surface area contributed by atoms with E-state index in [0.717, 1.165) is 61.7 Å². The van der Waals surface area contributed by atoms with Gasteiger partial charge in [0.05, 0.1) is 12.2 Å². The van der Waals surface area contributed by atoms with Gasteiger partial charge in [0.15, 0.2) is 5.96 Å². The van der Waals surface area contributed by atoms with Crippen LogP contribution < -0.4 is 10.6 Å². The van der Waals surface area contributed by atoms with Crippen LogP contribution >= 0.6 is 24.0 Å². The van der Waals surface area contributed by atoms with Crippen LogP contribution in [0.15, 0.2) is 33.8 Å². The minimum absolute atomic E-state index is 0. The third kappa shape index (κ3) is 5.46. The molecule has 1 aliphatic rings. The van der Waals surface area contributed by atoms with Gasteiger partial charge in [0, 0.05) is 24.1 Å². The lowest BCUT2D eigenvalue weighted by Crippen LogP contribution is -2.38. The van der Waals surface area contributed by atoms with Crippen LogP contribution in [0.25, 0.3) is 0 Å². The highest BCUT2D eigenvalue weighted by molar-refractivity contribution is 14.0. The second-order valence-corrected chi connectivity index (χ2v) is 7.29. The molecule has 0 bridgehead atoms. The summed E-state index contributed by atoms with van der Waals surface area (Å²) in [5.41, 5.74) is 2.82. The Bertz CT molecular complexity index is 782. The van der Waals surface area contributed by atoms with E-state index in [4.69, 9.17) is 9.52 Å². The predicted molar refractivity (Wildman–Crippen MR) is 121 cm³/mol. The number of aryl methyl sites for hydroxylation is 2. The van der Waals surface area contributed by atoms with Crippen LogP contribution in [-0.2, 0) is 11.8 Å². The maximum Gasteiger partial charge on any atom is 0.191 e. The molecule has 1 aliphatic carbocycles. The fourth-order valence-corrected chi connectivity index (χ4v) is 3.46. The molecule has 0 aliphatic heterocycles. The number of hydrogen-bond acceptors (Lipinski definition) is 3. The number of hydrogen-bond donors (Lipinski definition) is 2. The SMILES string of the molecule is CCNC(=NCC1(c2ccccc2F)CC1)NCCCc1c(C)noc1C.I. The molecule has 0 atom stereocenters. The highest BCUT2D eigenvalue weighted by Crippen LogP contribution is 2.49. The Morgan fingerprint density at radius 1 is 1.25 bits per heavy atom. The maximum absolute atomic E-state index is 14.2. The van der Waals surface area contributed by atoms with Crippen molar-refractivity contribution in [1.82, 2.24) is 15.8 Å². The number of guanidine groups is 1. The Morgan fingerprint density at radius 2 is 2.00 bits per heavy atom. The lowest BCUT2D eigenvalue weighted by molar-refractivity contribution is 0.392. The van der Waals surface area contributed by atoms with Crippen molar-refractivity contribution in [3.8, 4) is 0 Å². The summed E-state index contributed by atoms with van der Waals surface area (Å²) in [6.45, 7) is 8.18. The van der Waals surface area contributed by atoms with Crippen LogP contribution in [0.5, 0.6) is 0 Å². The lowest BCUT2D eigenvalue weighted by Gasteiger charge is -2.16. The van der Waals surface area contributed by atoms with Gasteiger partial charge in [-0.2, -0.15) is 0 Å². The Kier molecular flexibility index (Phi) is 8.27. The van der Waals surface area contributed by atoms with Gasteiger partial charge in [0.25, 0.3) is 0 Å². The number of benzene rings is 1. The molecule has 0 unspecified atom stereocenters. The summed E-state index contributed by atoms with van der Waals surface area (Å²) in [5, 5.41) is 10.7. The monoisotopic (exact) mass is 500 g/mol. The number of aliphatic imine (C=N–C) groups is 1. The van der Waals surface area contributed by atoms with Crippen LogP contribution in [0.4, 0.5) is 4.39 Å². The Balaban J connectivity index is 0.00000280. The predicted octanol–water partition coefficient (Wildman–Crippen LogP) is 4.27. The Hall–Kier alpha value is -1.64. The van der Waals surface area contributed by atoms with Crippen LogP contribution in [0.3, 0.4) is 0 Å². The minimum Gasteiger partial charge on any atom is -0.361 e. The van der Waals surface area contributed by atoms with Crippen molar-refractivity contribution in [2.75, 3.05) is 19.6 Å². The molecule has 1 saturated carbocycles. The highest BCUT2D eigenvalue weighted by atomic mass is 127. The van der Waals surface area contributed by atoms with Crippen molar-refractivity contribution in [3.05, 3.63) is 52.7 Å². The third-order valence-corrected chi connectivity index (χ3v) is 5.26. The quantitative estimate of drug-likeness (QED) is 0.246. The first-order valence-electron chi connectivity index (χ1n) is 9.74. The standard InChI is InChI=1S/C21H29FN4O.HI/c1-4-23-20(24-13-7-8-17-15(2)26-27-16(17)3)25-14-21(11-12-21)18-9-5-6-10-19(18)22;/h5-6,9-10H,4,7-8,11-14H2,1-3H3,(H2,23,24,25);1H. The average Bonchev–Trinajstić information content (AvgIpc) is 3.38. The van der Waals surface area contributed by atoms with Crippen LogP contribution in [0.1, 0.15) is 48.8 Å². The van der Waals surface area contributed by atoms with E-state index in [-0.39, 0.29) is 35.2 Å². The fraction of sp³-hybridized carbons (Fsp3) is 0.524. The molecular formula is C21H30FIN4O. The summed E-state index contributed by atoms with van der Waals surface area (Å²) < 4.78 is 19.4. The number of rotatable bonds is 8. The Labute approximate surface area is 183 Å². The van der Waals surface area contributed by atoms with Crippen LogP contribution in [-0.4, -0.2) is 30.8 Å². The number of nitrogens with one attached hydrogen (secondary N) is 2. The van der Waals surface area contributed by atoms with Gasteiger partial charge < -0.3 is 15.2 Å². The molecule has 0 amide bonds.